The summed E-state index contributed by atoms with van der Waals surface area (Å²) in [5.74, 6) is 0.703. The van der Waals surface area contributed by atoms with Gasteiger partial charge in [-0.25, -0.2) is 0 Å². The maximum absolute atomic E-state index is 6.02. The first-order valence-corrected chi connectivity index (χ1v) is 5.26. The molecule has 1 atom stereocenters. The molecule has 2 N–H and O–H groups in total. The molecule has 0 bridgehead atoms. The van der Waals surface area contributed by atoms with Crippen LogP contribution in [-0.4, -0.2) is 33.9 Å². The van der Waals surface area contributed by atoms with E-state index in [1.54, 1.807) is 14.2 Å². The van der Waals surface area contributed by atoms with Gasteiger partial charge in [-0.15, -0.1) is 0 Å². The molecule has 0 spiro atoms. The number of methoxy groups -OCH3 is 2. The van der Waals surface area contributed by atoms with Crippen LogP contribution in [0.2, 0.25) is 0 Å². The molecule has 0 aromatic heterocycles. The molecule has 0 radical (unpaired) electrons. The summed E-state index contributed by atoms with van der Waals surface area (Å²) in [6, 6.07) is 6.03. The van der Waals surface area contributed by atoms with Crippen LogP contribution in [0.25, 0.3) is 0 Å². The van der Waals surface area contributed by atoms with Gasteiger partial charge in [0.15, 0.2) is 0 Å². The van der Waals surface area contributed by atoms with Gasteiger partial charge in [0.1, 0.15) is 5.75 Å². The largest absolute Gasteiger partial charge is 0.495 e. The lowest BCUT2D eigenvalue weighted by molar-refractivity contribution is 0.183. The number of benzene rings is 1. The fraction of sp³-hybridized carbons (Fsp3) is 0.500. The van der Waals surface area contributed by atoms with Crippen molar-refractivity contribution in [3.8, 4) is 5.75 Å². The number of likely N-dealkylation sites (N-methyl/N-ethyl adjacent to an activating group) is 1. The van der Waals surface area contributed by atoms with E-state index in [0.717, 1.165) is 5.69 Å². The zero-order chi connectivity index (χ0) is 12.1. The normalized spacial score (nSPS) is 12.2. The van der Waals surface area contributed by atoms with E-state index in [4.69, 9.17) is 15.2 Å². The standard InChI is InChI=1S/C12H20N2O2/c1-9(8-15-3)14(2)10-6-5-7-11(16-4)12(10)13/h5-7,9H,8,13H2,1-4H3. The second kappa shape index (κ2) is 5.61. The fourth-order valence-electron chi connectivity index (χ4n) is 1.61. The SMILES string of the molecule is COCC(C)N(C)c1cccc(OC)c1N. The minimum atomic E-state index is 0.263. The highest BCUT2D eigenvalue weighted by molar-refractivity contribution is 5.74. The molecule has 0 amide bonds. The van der Waals surface area contributed by atoms with Crippen molar-refractivity contribution in [1.82, 2.24) is 0 Å². The van der Waals surface area contributed by atoms with E-state index in [1.165, 1.54) is 0 Å². The van der Waals surface area contributed by atoms with Gasteiger partial charge in [-0.1, -0.05) is 6.07 Å². The summed E-state index contributed by atoms with van der Waals surface area (Å²) < 4.78 is 10.3. The minimum absolute atomic E-state index is 0.263. The van der Waals surface area contributed by atoms with Crippen molar-refractivity contribution in [2.45, 2.75) is 13.0 Å². The lowest BCUT2D eigenvalue weighted by atomic mass is 10.2. The van der Waals surface area contributed by atoms with E-state index in [9.17, 15) is 0 Å². The molecule has 1 unspecified atom stereocenters. The average molecular weight is 224 g/mol. The lowest BCUT2D eigenvalue weighted by Gasteiger charge is -2.28. The summed E-state index contributed by atoms with van der Waals surface area (Å²) >= 11 is 0. The van der Waals surface area contributed by atoms with E-state index in [1.807, 2.05) is 25.2 Å². The Kier molecular flexibility index (Phi) is 4.43. The zero-order valence-electron chi connectivity index (χ0n) is 10.4. The molecule has 90 valence electrons. The molecule has 0 saturated heterocycles. The molecule has 1 aromatic rings. The number of hydrogen-bond donors (Lipinski definition) is 1. The van der Waals surface area contributed by atoms with Gasteiger partial charge >= 0.3 is 0 Å². The Morgan fingerprint density at radius 1 is 1.38 bits per heavy atom. The molecule has 0 aliphatic heterocycles. The predicted molar refractivity (Wildman–Crippen MR) is 67.1 cm³/mol. The van der Waals surface area contributed by atoms with Gasteiger partial charge in [0.25, 0.3) is 0 Å². The zero-order valence-corrected chi connectivity index (χ0v) is 10.4. The predicted octanol–water partition coefficient (Wildman–Crippen LogP) is 1.75. The first kappa shape index (κ1) is 12.6. The summed E-state index contributed by atoms with van der Waals surface area (Å²) in [6.07, 6.45) is 0. The van der Waals surface area contributed by atoms with E-state index < -0.39 is 0 Å². The number of nitrogens with zero attached hydrogens (tertiary/aromatic N) is 1. The number of hydrogen-bond acceptors (Lipinski definition) is 4. The number of nitrogens with two attached hydrogens (primary N) is 1. The average Bonchev–Trinajstić information content (AvgIpc) is 2.29. The highest BCUT2D eigenvalue weighted by Crippen LogP contribution is 2.32. The number of para-hydroxylation sites is 1. The van der Waals surface area contributed by atoms with Gasteiger partial charge in [-0.05, 0) is 19.1 Å². The molecule has 4 heteroatoms. The summed E-state index contributed by atoms with van der Waals surface area (Å²) in [7, 11) is 5.31. The Labute approximate surface area is 96.9 Å². The summed E-state index contributed by atoms with van der Waals surface area (Å²) in [4.78, 5) is 2.08. The highest BCUT2D eigenvalue weighted by Gasteiger charge is 2.14. The van der Waals surface area contributed by atoms with Crippen molar-refractivity contribution >= 4 is 11.4 Å². The quantitative estimate of drug-likeness (QED) is 0.774. The van der Waals surface area contributed by atoms with Crippen LogP contribution in [0.4, 0.5) is 11.4 Å². The van der Waals surface area contributed by atoms with E-state index in [0.29, 0.717) is 18.0 Å². The van der Waals surface area contributed by atoms with Crippen LogP contribution in [0.15, 0.2) is 18.2 Å². The number of anilines is 2. The van der Waals surface area contributed by atoms with Crippen LogP contribution in [0.5, 0.6) is 5.75 Å². The van der Waals surface area contributed by atoms with Gasteiger partial charge in [0, 0.05) is 20.2 Å². The van der Waals surface area contributed by atoms with Gasteiger partial charge in [-0.2, -0.15) is 0 Å². The third-order valence-electron chi connectivity index (χ3n) is 2.71. The van der Waals surface area contributed by atoms with Gasteiger partial charge < -0.3 is 20.1 Å². The third kappa shape index (κ3) is 2.58. The second-order valence-corrected chi connectivity index (χ2v) is 3.81. The highest BCUT2D eigenvalue weighted by atomic mass is 16.5. The van der Waals surface area contributed by atoms with Crippen LogP contribution < -0.4 is 15.4 Å². The van der Waals surface area contributed by atoms with Crippen molar-refractivity contribution < 1.29 is 9.47 Å². The Hall–Kier alpha value is -1.42. The molecular formula is C12H20N2O2. The molecule has 0 aliphatic carbocycles. The Morgan fingerprint density at radius 2 is 2.06 bits per heavy atom. The van der Waals surface area contributed by atoms with Crippen LogP contribution in [0.3, 0.4) is 0 Å². The van der Waals surface area contributed by atoms with Crippen molar-refractivity contribution in [3.05, 3.63) is 18.2 Å². The molecule has 16 heavy (non-hydrogen) atoms. The molecule has 1 rings (SSSR count). The summed E-state index contributed by atoms with van der Waals surface area (Å²) in [5.41, 5.74) is 7.65. The first-order valence-electron chi connectivity index (χ1n) is 5.26. The molecule has 1 aromatic carbocycles. The second-order valence-electron chi connectivity index (χ2n) is 3.81. The Balaban J connectivity index is 2.94. The monoisotopic (exact) mass is 224 g/mol. The van der Waals surface area contributed by atoms with Gasteiger partial charge in [0.2, 0.25) is 0 Å². The van der Waals surface area contributed by atoms with Crippen molar-refractivity contribution in [2.75, 3.05) is 38.5 Å². The molecule has 0 saturated carbocycles. The molecule has 0 heterocycles. The third-order valence-corrected chi connectivity index (χ3v) is 2.71. The minimum Gasteiger partial charge on any atom is -0.495 e. The number of nitrogen functional groups attached to an aromatic ring is 1. The van der Waals surface area contributed by atoms with Crippen molar-refractivity contribution in [3.63, 3.8) is 0 Å². The maximum atomic E-state index is 6.02. The molecule has 0 fully saturated rings. The first-order chi connectivity index (χ1) is 7.61. The van der Waals surface area contributed by atoms with Crippen LogP contribution in [0.1, 0.15) is 6.92 Å². The summed E-state index contributed by atoms with van der Waals surface area (Å²) in [6.45, 7) is 2.75. The van der Waals surface area contributed by atoms with E-state index in [2.05, 4.69) is 11.8 Å². The van der Waals surface area contributed by atoms with Crippen molar-refractivity contribution in [2.24, 2.45) is 0 Å². The maximum Gasteiger partial charge on any atom is 0.143 e. The molecule has 4 nitrogen and oxygen atoms in total. The Morgan fingerprint density at radius 3 is 2.62 bits per heavy atom. The van der Waals surface area contributed by atoms with Gasteiger partial charge in [0.05, 0.1) is 25.1 Å². The Bertz CT molecular complexity index is 342. The topological polar surface area (TPSA) is 47.7 Å². The lowest BCUT2D eigenvalue weighted by Crippen LogP contribution is -2.33. The van der Waals surface area contributed by atoms with Crippen LogP contribution in [-0.2, 0) is 4.74 Å². The fourth-order valence-corrected chi connectivity index (χ4v) is 1.61. The van der Waals surface area contributed by atoms with Crippen molar-refractivity contribution in [1.29, 1.82) is 0 Å². The number of rotatable bonds is 5. The van der Waals surface area contributed by atoms with Crippen LogP contribution >= 0.6 is 0 Å². The molecular weight excluding hydrogens is 204 g/mol. The van der Waals surface area contributed by atoms with E-state index >= 15 is 0 Å². The van der Waals surface area contributed by atoms with Crippen LogP contribution in [0, 0.1) is 0 Å². The summed E-state index contributed by atoms with van der Waals surface area (Å²) in [5, 5.41) is 0. The number of ether oxygens (including phenoxy) is 2. The smallest absolute Gasteiger partial charge is 0.143 e. The molecule has 0 aliphatic rings. The van der Waals surface area contributed by atoms with E-state index in [-0.39, 0.29) is 6.04 Å². The van der Waals surface area contributed by atoms with Gasteiger partial charge in [-0.3, -0.25) is 0 Å².